The first-order chi connectivity index (χ1) is 13.2. The molecular formula is C20H22N4O3. The van der Waals surface area contributed by atoms with Gasteiger partial charge in [0.05, 0.1) is 5.52 Å². The third kappa shape index (κ3) is 3.86. The molecule has 1 N–H and O–H groups in total. The molecule has 2 aromatic heterocycles. The lowest BCUT2D eigenvalue weighted by atomic mass is 9.97. The zero-order valence-corrected chi connectivity index (χ0v) is 15.0. The van der Waals surface area contributed by atoms with Crippen molar-refractivity contribution >= 4 is 22.8 Å². The number of benzene rings is 1. The fourth-order valence-electron chi connectivity index (χ4n) is 3.53. The minimum atomic E-state index is -0.505. The highest BCUT2D eigenvalue weighted by molar-refractivity contribution is 5.79. The van der Waals surface area contributed by atoms with E-state index in [1.54, 1.807) is 18.2 Å². The standard InChI is InChI=1S/C20H22N4O3/c25-19(14-24-16-5-1-2-6-17(16)27-20(24)26)22-13-15-8-11-23(12-9-15)18-7-3-4-10-21-18/h1-7,10,15H,8-9,11-14H2,(H,22,25). The van der Waals surface area contributed by atoms with Crippen molar-refractivity contribution in [3.05, 3.63) is 59.2 Å². The Morgan fingerprint density at radius 2 is 1.93 bits per heavy atom. The first-order valence-corrected chi connectivity index (χ1v) is 9.22. The van der Waals surface area contributed by atoms with E-state index in [0.29, 0.717) is 23.6 Å². The summed E-state index contributed by atoms with van der Waals surface area (Å²) in [5.41, 5.74) is 1.14. The van der Waals surface area contributed by atoms with Crippen LogP contribution in [0.3, 0.4) is 0 Å². The van der Waals surface area contributed by atoms with E-state index in [1.807, 2.05) is 30.5 Å². The molecule has 1 amide bonds. The number of para-hydroxylation sites is 2. The highest BCUT2D eigenvalue weighted by atomic mass is 16.4. The van der Waals surface area contributed by atoms with Crippen LogP contribution in [0.4, 0.5) is 5.82 Å². The van der Waals surface area contributed by atoms with Crippen molar-refractivity contribution in [1.82, 2.24) is 14.9 Å². The van der Waals surface area contributed by atoms with Crippen LogP contribution in [-0.2, 0) is 11.3 Å². The summed E-state index contributed by atoms with van der Waals surface area (Å²) in [5, 5.41) is 2.96. The molecule has 0 unspecified atom stereocenters. The number of amides is 1. The highest BCUT2D eigenvalue weighted by Gasteiger charge is 2.21. The number of hydrogen-bond donors (Lipinski definition) is 1. The van der Waals surface area contributed by atoms with E-state index in [2.05, 4.69) is 15.2 Å². The van der Waals surface area contributed by atoms with Crippen molar-refractivity contribution in [3.63, 3.8) is 0 Å². The van der Waals surface area contributed by atoms with Crippen LogP contribution in [0, 0.1) is 5.92 Å². The topological polar surface area (TPSA) is 80.4 Å². The van der Waals surface area contributed by atoms with Gasteiger partial charge in [-0.3, -0.25) is 9.36 Å². The van der Waals surface area contributed by atoms with Crippen LogP contribution in [0.25, 0.3) is 11.1 Å². The number of nitrogens with one attached hydrogen (secondary N) is 1. The molecule has 3 aromatic rings. The fraction of sp³-hybridized carbons (Fsp3) is 0.350. The second-order valence-corrected chi connectivity index (χ2v) is 6.84. The number of anilines is 1. The minimum absolute atomic E-state index is 0.0252. The molecule has 3 heterocycles. The average Bonchev–Trinajstić information content (AvgIpc) is 3.03. The smallest absolute Gasteiger partial charge is 0.408 e. The predicted octanol–water partition coefficient (Wildman–Crippen LogP) is 2.02. The number of hydrogen-bond acceptors (Lipinski definition) is 5. The Morgan fingerprint density at radius 3 is 2.70 bits per heavy atom. The second-order valence-electron chi connectivity index (χ2n) is 6.84. The van der Waals surface area contributed by atoms with Crippen LogP contribution in [0.5, 0.6) is 0 Å². The molecule has 1 aliphatic heterocycles. The number of nitrogens with zero attached hydrogens (tertiary/aromatic N) is 3. The van der Waals surface area contributed by atoms with Gasteiger partial charge in [-0.1, -0.05) is 18.2 Å². The van der Waals surface area contributed by atoms with E-state index >= 15 is 0 Å². The number of rotatable bonds is 5. The van der Waals surface area contributed by atoms with Crippen molar-refractivity contribution in [2.75, 3.05) is 24.5 Å². The van der Waals surface area contributed by atoms with E-state index in [-0.39, 0.29) is 12.5 Å². The molecule has 27 heavy (non-hydrogen) atoms. The summed E-state index contributed by atoms with van der Waals surface area (Å²) in [5.74, 6) is 0.767. The largest absolute Gasteiger partial charge is 0.420 e. The maximum Gasteiger partial charge on any atom is 0.420 e. The molecule has 4 rings (SSSR count). The normalized spacial score (nSPS) is 15.2. The number of carbonyl (C=O) groups excluding carboxylic acids is 1. The number of carbonyl (C=O) groups is 1. The maximum atomic E-state index is 12.3. The Kier molecular flexibility index (Phi) is 4.91. The number of oxazole rings is 1. The van der Waals surface area contributed by atoms with Crippen molar-refractivity contribution < 1.29 is 9.21 Å². The summed E-state index contributed by atoms with van der Waals surface area (Å²) in [6.07, 6.45) is 3.82. The van der Waals surface area contributed by atoms with Crippen LogP contribution in [-0.4, -0.2) is 35.1 Å². The van der Waals surface area contributed by atoms with E-state index < -0.39 is 5.76 Å². The first kappa shape index (κ1) is 17.3. The summed E-state index contributed by atoms with van der Waals surface area (Å²) in [4.78, 5) is 30.9. The van der Waals surface area contributed by atoms with E-state index in [1.165, 1.54) is 4.57 Å². The molecule has 0 radical (unpaired) electrons. The molecule has 140 valence electrons. The van der Waals surface area contributed by atoms with Gasteiger partial charge in [0.1, 0.15) is 12.4 Å². The highest BCUT2D eigenvalue weighted by Crippen LogP contribution is 2.21. The summed E-state index contributed by atoms with van der Waals surface area (Å²) < 4.78 is 6.53. The van der Waals surface area contributed by atoms with E-state index in [4.69, 9.17) is 4.42 Å². The van der Waals surface area contributed by atoms with Crippen molar-refractivity contribution in [2.45, 2.75) is 19.4 Å². The number of aromatic nitrogens is 2. The molecule has 0 spiro atoms. The van der Waals surface area contributed by atoms with Crippen molar-refractivity contribution in [1.29, 1.82) is 0 Å². The van der Waals surface area contributed by atoms with E-state index in [9.17, 15) is 9.59 Å². The molecular weight excluding hydrogens is 344 g/mol. The molecule has 7 heteroatoms. The Labute approximate surface area is 156 Å². The van der Waals surface area contributed by atoms with Crippen molar-refractivity contribution in [2.24, 2.45) is 5.92 Å². The van der Waals surface area contributed by atoms with Gasteiger partial charge in [-0.2, -0.15) is 0 Å². The van der Waals surface area contributed by atoms with E-state index in [0.717, 1.165) is 31.7 Å². The Bertz CT molecular complexity index is 972. The van der Waals surface area contributed by atoms with Crippen LogP contribution in [0.2, 0.25) is 0 Å². The molecule has 0 saturated carbocycles. The molecule has 7 nitrogen and oxygen atoms in total. The lowest BCUT2D eigenvalue weighted by Crippen LogP contribution is -2.40. The fourth-order valence-corrected chi connectivity index (χ4v) is 3.53. The molecule has 1 aromatic carbocycles. The third-order valence-electron chi connectivity index (χ3n) is 5.05. The number of fused-ring (bicyclic) bond motifs is 1. The van der Waals surface area contributed by atoms with Gasteiger partial charge in [0, 0.05) is 25.8 Å². The second kappa shape index (κ2) is 7.65. The zero-order chi connectivity index (χ0) is 18.6. The van der Waals surface area contributed by atoms with Gasteiger partial charge < -0.3 is 14.6 Å². The Balaban J connectivity index is 1.29. The molecule has 0 atom stereocenters. The Morgan fingerprint density at radius 1 is 1.15 bits per heavy atom. The third-order valence-corrected chi connectivity index (χ3v) is 5.05. The van der Waals surface area contributed by atoms with Gasteiger partial charge in [0.15, 0.2) is 5.58 Å². The maximum absolute atomic E-state index is 12.3. The molecule has 1 aliphatic rings. The summed E-state index contributed by atoms with van der Waals surface area (Å²) >= 11 is 0. The van der Waals surface area contributed by atoms with Gasteiger partial charge >= 0.3 is 5.76 Å². The van der Waals surface area contributed by atoms with Crippen LogP contribution in [0.1, 0.15) is 12.8 Å². The van der Waals surface area contributed by atoms with Crippen LogP contribution >= 0.6 is 0 Å². The van der Waals surface area contributed by atoms with Gasteiger partial charge in [0.2, 0.25) is 5.91 Å². The summed E-state index contributed by atoms with van der Waals surface area (Å²) in [7, 11) is 0. The van der Waals surface area contributed by atoms with Gasteiger partial charge in [0.25, 0.3) is 0 Å². The number of piperidine rings is 1. The van der Waals surface area contributed by atoms with Gasteiger partial charge in [-0.15, -0.1) is 0 Å². The van der Waals surface area contributed by atoms with Crippen molar-refractivity contribution in [3.8, 4) is 0 Å². The lowest BCUT2D eigenvalue weighted by Gasteiger charge is -2.32. The summed E-state index contributed by atoms with van der Waals surface area (Å²) in [6, 6.07) is 13.1. The predicted molar refractivity (Wildman–Crippen MR) is 103 cm³/mol. The monoisotopic (exact) mass is 366 g/mol. The zero-order valence-electron chi connectivity index (χ0n) is 15.0. The summed E-state index contributed by atoms with van der Waals surface area (Å²) in [6.45, 7) is 2.47. The first-order valence-electron chi connectivity index (χ1n) is 9.22. The molecule has 1 fully saturated rings. The van der Waals surface area contributed by atoms with Crippen LogP contribution < -0.4 is 16.0 Å². The SMILES string of the molecule is O=C(Cn1c(=O)oc2ccccc21)NCC1CCN(c2ccccn2)CC1. The van der Waals surface area contributed by atoms with Gasteiger partial charge in [-0.25, -0.2) is 9.78 Å². The minimum Gasteiger partial charge on any atom is -0.408 e. The molecule has 1 saturated heterocycles. The lowest BCUT2D eigenvalue weighted by molar-refractivity contribution is -0.121. The quantitative estimate of drug-likeness (QED) is 0.747. The van der Waals surface area contributed by atoms with Crippen LogP contribution in [0.15, 0.2) is 57.9 Å². The average molecular weight is 366 g/mol. The van der Waals surface area contributed by atoms with Gasteiger partial charge in [-0.05, 0) is 43.0 Å². The Hall–Kier alpha value is -3.09. The number of pyridine rings is 1. The molecule has 0 bridgehead atoms. The molecule has 0 aliphatic carbocycles.